The van der Waals surface area contributed by atoms with Crippen molar-refractivity contribution >= 4 is 11.6 Å². The number of nitrogens with zero attached hydrogens (tertiary/aromatic N) is 2. The summed E-state index contributed by atoms with van der Waals surface area (Å²) in [5, 5.41) is 8.87. The molecular formula is C7H5ClN2. The Morgan fingerprint density at radius 2 is 2.40 bits per heavy atom. The molecule has 0 spiro atoms. The Hall–Kier alpha value is -1.07. The maximum Gasteiger partial charge on any atom is 0.130 e. The molecule has 0 saturated heterocycles. The first kappa shape index (κ1) is 7.04. The van der Waals surface area contributed by atoms with Crippen LogP contribution in [-0.2, 0) is 0 Å². The average molecular weight is 153 g/mol. The van der Waals surface area contributed by atoms with Gasteiger partial charge in [-0.25, -0.2) is 4.98 Å². The van der Waals surface area contributed by atoms with Crippen molar-refractivity contribution in [2.45, 2.75) is 6.92 Å². The van der Waals surface area contributed by atoms with Crippen LogP contribution in [0.2, 0.25) is 5.15 Å². The molecule has 0 N–H and O–H groups in total. The van der Waals surface area contributed by atoms with Crippen molar-refractivity contribution in [1.29, 1.82) is 5.26 Å². The largest absolute Gasteiger partial charge is 0.244 e. The lowest BCUT2D eigenvalue weighted by atomic mass is 10.2. The number of aryl methyl sites for hydroxylation is 1. The molecule has 0 aliphatic rings. The van der Waals surface area contributed by atoms with Crippen LogP contribution in [0.25, 0.3) is 0 Å². The van der Waals surface area contributed by atoms with E-state index in [1.54, 1.807) is 12.3 Å². The first-order valence-corrected chi connectivity index (χ1v) is 3.14. The Kier molecular flexibility index (Phi) is 1.88. The molecule has 0 saturated carbocycles. The fraction of sp³-hybridized carbons (Fsp3) is 0.143. The van der Waals surface area contributed by atoms with E-state index in [0.717, 1.165) is 5.56 Å². The Balaban J connectivity index is 3.25. The third-order valence-corrected chi connectivity index (χ3v) is 1.40. The second kappa shape index (κ2) is 2.68. The average Bonchev–Trinajstić information content (AvgIpc) is 1.94. The fourth-order valence-electron chi connectivity index (χ4n) is 0.619. The van der Waals surface area contributed by atoms with E-state index in [9.17, 15) is 0 Å². The van der Waals surface area contributed by atoms with E-state index in [1.807, 2.05) is 13.0 Å². The van der Waals surface area contributed by atoms with Gasteiger partial charge in [-0.15, -0.1) is 0 Å². The second-order valence-corrected chi connectivity index (χ2v) is 2.32. The molecule has 3 heteroatoms. The molecule has 1 heterocycles. The maximum atomic E-state index is 8.51. The molecule has 50 valence electrons. The number of hydrogen-bond acceptors (Lipinski definition) is 2. The Labute approximate surface area is 64.1 Å². The van der Waals surface area contributed by atoms with Gasteiger partial charge in [0, 0.05) is 6.20 Å². The highest BCUT2D eigenvalue weighted by Crippen LogP contribution is 2.10. The Morgan fingerprint density at radius 1 is 1.70 bits per heavy atom. The van der Waals surface area contributed by atoms with Crippen molar-refractivity contribution in [1.82, 2.24) is 4.98 Å². The van der Waals surface area contributed by atoms with E-state index in [2.05, 4.69) is 4.98 Å². The van der Waals surface area contributed by atoms with E-state index >= 15 is 0 Å². The molecule has 0 aliphatic heterocycles. The van der Waals surface area contributed by atoms with Gasteiger partial charge in [-0.3, -0.25) is 0 Å². The molecule has 1 aromatic heterocycles. The minimum absolute atomic E-state index is 0.363. The van der Waals surface area contributed by atoms with Crippen LogP contribution in [0.15, 0.2) is 12.3 Å². The molecular weight excluding hydrogens is 148 g/mol. The van der Waals surface area contributed by atoms with Crippen LogP contribution in [0.5, 0.6) is 0 Å². The van der Waals surface area contributed by atoms with Crippen LogP contribution >= 0.6 is 11.6 Å². The molecule has 1 aromatic rings. The highest BCUT2D eigenvalue weighted by atomic mass is 35.5. The van der Waals surface area contributed by atoms with E-state index in [0.29, 0.717) is 10.7 Å². The summed E-state index contributed by atoms with van der Waals surface area (Å²) in [4.78, 5) is 3.80. The molecule has 0 radical (unpaired) electrons. The zero-order valence-electron chi connectivity index (χ0n) is 5.43. The summed E-state index contributed by atoms with van der Waals surface area (Å²) < 4.78 is 0. The molecule has 10 heavy (non-hydrogen) atoms. The first-order valence-electron chi connectivity index (χ1n) is 2.76. The molecule has 0 atom stereocenters. The minimum atomic E-state index is 0.363. The second-order valence-electron chi connectivity index (χ2n) is 1.93. The van der Waals surface area contributed by atoms with Gasteiger partial charge in [0.1, 0.15) is 5.15 Å². The van der Waals surface area contributed by atoms with Crippen LogP contribution in [0.3, 0.4) is 0 Å². The zero-order chi connectivity index (χ0) is 7.56. The van der Waals surface area contributed by atoms with Crippen molar-refractivity contribution < 1.29 is 0 Å². The Bertz CT molecular complexity index is 288. The highest BCUT2D eigenvalue weighted by Gasteiger charge is 1.96. The molecule has 0 bridgehead atoms. The number of rotatable bonds is 0. The quantitative estimate of drug-likeness (QED) is 0.533. The van der Waals surface area contributed by atoms with Crippen molar-refractivity contribution in [3.8, 4) is 6.07 Å². The summed E-state index contributed by atoms with van der Waals surface area (Å²) in [6, 6.07) is 3.56. The lowest BCUT2D eigenvalue weighted by molar-refractivity contribution is 1.25. The van der Waals surface area contributed by atoms with Crippen molar-refractivity contribution in [2.24, 2.45) is 0 Å². The molecule has 0 amide bonds. The van der Waals surface area contributed by atoms with E-state index in [4.69, 9.17) is 16.9 Å². The number of nitriles is 1. The van der Waals surface area contributed by atoms with Crippen LogP contribution in [0.4, 0.5) is 0 Å². The topological polar surface area (TPSA) is 36.7 Å². The van der Waals surface area contributed by atoms with Crippen LogP contribution in [0.1, 0.15) is 11.1 Å². The van der Waals surface area contributed by atoms with Crippen LogP contribution in [-0.4, -0.2) is 4.98 Å². The molecule has 0 unspecified atom stereocenters. The molecule has 0 fully saturated rings. The summed E-state index contributed by atoms with van der Waals surface area (Å²) >= 11 is 5.53. The summed E-state index contributed by atoms with van der Waals surface area (Å²) in [5.74, 6) is 0. The lowest BCUT2D eigenvalue weighted by Crippen LogP contribution is -1.83. The number of pyridine rings is 1. The molecule has 2 nitrogen and oxygen atoms in total. The van der Waals surface area contributed by atoms with Gasteiger partial charge in [-0.1, -0.05) is 11.6 Å². The molecule has 0 aromatic carbocycles. The van der Waals surface area contributed by atoms with Gasteiger partial charge < -0.3 is 0 Å². The number of hydrogen-bond donors (Lipinski definition) is 0. The van der Waals surface area contributed by atoms with Gasteiger partial charge >= 0.3 is 0 Å². The van der Waals surface area contributed by atoms with Crippen LogP contribution < -0.4 is 0 Å². The smallest absolute Gasteiger partial charge is 0.130 e. The fourth-order valence-corrected chi connectivity index (χ4v) is 0.777. The van der Waals surface area contributed by atoms with Crippen molar-refractivity contribution in [3.63, 3.8) is 0 Å². The molecule has 1 rings (SSSR count). The Morgan fingerprint density at radius 3 is 2.90 bits per heavy atom. The van der Waals surface area contributed by atoms with Gasteiger partial charge in [-0.05, 0) is 18.6 Å². The minimum Gasteiger partial charge on any atom is -0.244 e. The van der Waals surface area contributed by atoms with Crippen molar-refractivity contribution in [2.75, 3.05) is 0 Å². The van der Waals surface area contributed by atoms with E-state index < -0.39 is 0 Å². The van der Waals surface area contributed by atoms with Gasteiger partial charge in [0.2, 0.25) is 0 Å². The predicted octanol–water partition coefficient (Wildman–Crippen LogP) is 1.92. The monoisotopic (exact) mass is 152 g/mol. The summed E-state index contributed by atoms with van der Waals surface area (Å²) in [7, 11) is 0. The summed E-state index contributed by atoms with van der Waals surface area (Å²) in [6.07, 6.45) is 1.58. The third-order valence-electron chi connectivity index (χ3n) is 1.19. The predicted molar refractivity (Wildman–Crippen MR) is 38.7 cm³/mol. The van der Waals surface area contributed by atoms with E-state index in [1.165, 1.54) is 0 Å². The zero-order valence-corrected chi connectivity index (χ0v) is 6.18. The van der Waals surface area contributed by atoms with Gasteiger partial charge in [-0.2, -0.15) is 5.26 Å². The number of aromatic nitrogens is 1. The summed E-state index contributed by atoms with van der Waals surface area (Å²) in [6.45, 7) is 1.82. The first-order chi connectivity index (χ1) is 4.74. The number of halogens is 1. The van der Waals surface area contributed by atoms with Gasteiger partial charge in [0.15, 0.2) is 0 Å². The van der Waals surface area contributed by atoms with Gasteiger partial charge in [0.05, 0.1) is 11.6 Å². The lowest BCUT2D eigenvalue weighted by Gasteiger charge is -1.93. The SMILES string of the molecule is Cc1cnc(Cl)cc1C#N. The standard InChI is InChI=1S/C7H5ClN2/c1-5-4-10-7(8)2-6(5)3-9/h2,4H,1H3. The highest BCUT2D eigenvalue weighted by molar-refractivity contribution is 6.29. The van der Waals surface area contributed by atoms with E-state index in [-0.39, 0.29) is 0 Å². The maximum absolute atomic E-state index is 8.51. The van der Waals surface area contributed by atoms with Gasteiger partial charge in [0.25, 0.3) is 0 Å². The van der Waals surface area contributed by atoms with Crippen molar-refractivity contribution in [3.05, 3.63) is 28.5 Å². The summed E-state index contributed by atoms with van der Waals surface area (Å²) in [5.41, 5.74) is 1.44. The third kappa shape index (κ3) is 1.26. The normalized spacial score (nSPS) is 8.90. The van der Waals surface area contributed by atoms with Crippen LogP contribution in [0, 0.1) is 18.3 Å². The molecule has 0 aliphatic carbocycles.